The van der Waals surface area contributed by atoms with Gasteiger partial charge < -0.3 is 15.7 Å². The molecule has 4 N–H and O–H groups in total. The van der Waals surface area contributed by atoms with Crippen LogP contribution in [0.2, 0.25) is 0 Å². The van der Waals surface area contributed by atoms with Crippen molar-refractivity contribution in [3.63, 3.8) is 0 Å². The van der Waals surface area contributed by atoms with Gasteiger partial charge in [0.25, 0.3) is 0 Å². The van der Waals surface area contributed by atoms with Gasteiger partial charge in [-0.05, 0) is 45.1 Å². The van der Waals surface area contributed by atoms with E-state index in [0.29, 0.717) is 23.0 Å². The highest BCUT2D eigenvalue weighted by Crippen LogP contribution is 2.33. The Labute approximate surface area is 173 Å². The summed E-state index contributed by atoms with van der Waals surface area (Å²) < 4.78 is 0. The summed E-state index contributed by atoms with van der Waals surface area (Å²) in [7, 11) is 2.16. The predicted octanol–water partition coefficient (Wildman–Crippen LogP) is 2.66. The first-order valence-corrected chi connectivity index (χ1v) is 9.94. The number of fused-ring (bicyclic) bond motifs is 2. The van der Waals surface area contributed by atoms with Crippen LogP contribution in [0.3, 0.4) is 0 Å². The van der Waals surface area contributed by atoms with E-state index >= 15 is 0 Å². The number of aromatic amines is 2. The minimum atomic E-state index is 0.423. The van der Waals surface area contributed by atoms with Crippen molar-refractivity contribution in [3.05, 3.63) is 42.5 Å². The quantitative estimate of drug-likeness (QED) is 0.274. The Balaban J connectivity index is 1.58. The summed E-state index contributed by atoms with van der Waals surface area (Å²) in [6, 6.07) is 3.88. The van der Waals surface area contributed by atoms with Crippen LogP contribution in [0.1, 0.15) is 30.1 Å². The summed E-state index contributed by atoms with van der Waals surface area (Å²) in [5.41, 5.74) is 5.83. The van der Waals surface area contributed by atoms with Crippen molar-refractivity contribution < 1.29 is 0 Å². The van der Waals surface area contributed by atoms with Gasteiger partial charge in [0, 0.05) is 23.1 Å². The van der Waals surface area contributed by atoms with Gasteiger partial charge in [-0.3, -0.25) is 15.1 Å². The molecule has 1 aliphatic rings. The molecular formula is C21H23N9. The Morgan fingerprint density at radius 2 is 2.13 bits per heavy atom. The number of hydrazone groups is 1. The van der Waals surface area contributed by atoms with E-state index in [-0.39, 0.29) is 0 Å². The van der Waals surface area contributed by atoms with Gasteiger partial charge in [0.15, 0.2) is 5.82 Å². The molecule has 0 aliphatic carbocycles. The second-order valence-electron chi connectivity index (χ2n) is 7.75. The highest BCUT2D eigenvalue weighted by molar-refractivity contribution is 6.09. The Morgan fingerprint density at radius 1 is 1.30 bits per heavy atom. The molecule has 30 heavy (non-hydrogen) atoms. The predicted molar refractivity (Wildman–Crippen MR) is 118 cm³/mol. The molecule has 0 unspecified atom stereocenters. The standard InChI is InChI=1S/C21H23N9/c1-12(10-25-22)16-9-14-17(11-24-16)28-29-19(14)21-26-15-3-6-23-18(20(15)27-21)13-4-7-30(2)8-5-13/h3,6,9-11,13H,1,4-5,7-8,22H2,2H3,(H,26,27)(H,28,29)/b25-10-. The monoisotopic (exact) mass is 401 g/mol. The number of H-pyrrole nitrogens is 2. The highest BCUT2D eigenvalue weighted by Gasteiger charge is 2.23. The van der Waals surface area contributed by atoms with Gasteiger partial charge in [0.2, 0.25) is 0 Å². The Bertz CT molecular complexity index is 1260. The smallest absolute Gasteiger partial charge is 0.159 e. The molecule has 1 fully saturated rings. The van der Waals surface area contributed by atoms with Crippen LogP contribution in [0.15, 0.2) is 36.2 Å². The number of imidazole rings is 1. The Kier molecular flexibility index (Phi) is 4.51. The second-order valence-corrected chi connectivity index (χ2v) is 7.75. The number of rotatable bonds is 4. The molecule has 0 radical (unpaired) electrons. The van der Waals surface area contributed by atoms with Gasteiger partial charge in [-0.15, -0.1) is 0 Å². The zero-order valence-electron chi connectivity index (χ0n) is 16.8. The summed E-state index contributed by atoms with van der Waals surface area (Å²) in [6.07, 6.45) is 7.25. The first-order valence-electron chi connectivity index (χ1n) is 9.94. The average molecular weight is 401 g/mol. The van der Waals surface area contributed by atoms with E-state index in [1.165, 1.54) is 6.21 Å². The fraction of sp³-hybridized carbons (Fsp3) is 0.286. The highest BCUT2D eigenvalue weighted by atomic mass is 15.1. The number of allylic oxidation sites excluding steroid dienone is 1. The van der Waals surface area contributed by atoms with Crippen LogP contribution in [-0.2, 0) is 0 Å². The number of piperidine rings is 1. The van der Waals surface area contributed by atoms with Gasteiger partial charge in [0.05, 0.1) is 34.8 Å². The third-order valence-corrected chi connectivity index (χ3v) is 5.77. The lowest BCUT2D eigenvalue weighted by Crippen LogP contribution is -2.29. The van der Waals surface area contributed by atoms with Crippen LogP contribution in [0.5, 0.6) is 0 Å². The van der Waals surface area contributed by atoms with Crippen LogP contribution in [0, 0.1) is 0 Å². The van der Waals surface area contributed by atoms with Crippen LogP contribution < -0.4 is 5.84 Å². The minimum Gasteiger partial charge on any atom is -0.336 e. The van der Waals surface area contributed by atoms with Crippen LogP contribution >= 0.6 is 0 Å². The largest absolute Gasteiger partial charge is 0.336 e. The zero-order valence-corrected chi connectivity index (χ0v) is 16.8. The van der Waals surface area contributed by atoms with Crippen LogP contribution in [0.4, 0.5) is 0 Å². The van der Waals surface area contributed by atoms with Gasteiger partial charge >= 0.3 is 0 Å². The van der Waals surface area contributed by atoms with Gasteiger partial charge in [0.1, 0.15) is 11.2 Å². The number of hydrogen-bond acceptors (Lipinski definition) is 7. The van der Waals surface area contributed by atoms with E-state index in [0.717, 1.165) is 59.3 Å². The Morgan fingerprint density at radius 3 is 2.93 bits per heavy atom. The maximum atomic E-state index is 5.25. The number of nitrogens with two attached hydrogens (primary N) is 1. The lowest BCUT2D eigenvalue weighted by molar-refractivity contribution is 0.254. The summed E-state index contributed by atoms with van der Waals surface area (Å²) in [5.74, 6) is 6.37. The molecule has 0 spiro atoms. The number of aromatic nitrogens is 6. The Hall–Kier alpha value is -3.59. The van der Waals surface area contributed by atoms with Gasteiger partial charge in [-0.2, -0.15) is 10.2 Å². The van der Waals surface area contributed by atoms with E-state index in [1.54, 1.807) is 6.20 Å². The van der Waals surface area contributed by atoms with Crippen molar-refractivity contribution in [1.29, 1.82) is 0 Å². The number of nitrogens with zero attached hydrogens (tertiary/aromatic N) is 6. The molecule has 1 saturated heterocycles. The number of pyridine rings is 2. The third kappa shape index (κ3) is 3.13. The van der Waals surface area contributed by atoms with Crippen LogP contribution in [0.25, 0.3) is 39.0 Å². The summed E-state index contributed by atoms with van der Waals surface area (Å²) in [6.45, 7) is 6.11. The summed E-state index contributed by atoms with van der Waals surface area (Å²) in [4.78, 5) is 19.8. The molecule has 0 saturated carbocycles. The third-order valence-electron chi connectivity index (χ3n) is 5.77. The first-order chi connectivity index (χ1) is 14.6. The normalized spacial score (nSPS) is 16.2. The van der Waals surface area contributed by atoms with Crippen molar-refractivity contribution in [3.8, 4) is 11.5 Å². The molecule has 152 valence electrons. The molecule has 9 nitrogen and oxygen atoms in total. The molecule has 0 amide bonds. The molecule has 0 aromatic carbocycles. The second kappa shape index (κ2) is 7.34. The van der Waals surface area contributed by atoms with E-state index < -0.39 is 0 Å². The first kappa shape index (κ1) is 18.4. The molecule has 4 aromatic heterocycles. The van der Waals surface area contributed by atoms with E-state index in [9.17, 15) is 0 Å². The summed E-state index contributed by atoms with van der Waals surface area (Å²) >= 11 is 0. The average Bonchev–Trinajstić information content (AvgIpc) is 3.37. The van der Waals surface area contributed by atoms with Gasteiger partial charge in [-0.1, -0.05) is 6.58 Å². The van der Waals surface area contributed by atoms with Crippen molar-refractivity contribution in [1.82, 2.24) is 35.0 Å². The fourth-order valence-electron chi connectivity index (χ4n) is 4.08. The van der Waals surface area contributed by atoms with Crippen molar-refractivity contribution in [2.45, 2.75) is 18.8 Å². The molecule has 5 rings (SSSR count). The maximum Gasteiger partial charge on any atom is 0.159 e. The zero-order chi connectivity index (χ0) is 20.7. The molecule has 1 aliphatic heterocycles. The molecule has 9 heteroatoms. The minimum absolute atomic E-state index is 0.423. The van der Waals surface area contributed by atoms with E-state index in [1.807, 2.05) is 18.3 Å². The molecule has 0 atom stereocenters. The number of nitrogens with one attached hydrogen (secondary N) is 2. The molecular weight excluding hydrogens is 378 g/mol. The number of likely N-dealkylation sites (tertiary alicyclic amines) is 1. The lowest BCUT2D eigenvalue weighted by Gasteiger charge is -2.28. The van der Waals surface area contributed by atoms with E-state index in [4.69, 9.17) is 15.8 Å². The van der Waals surface area contributed by atoms with Crippen molar-refractivity contribution in [2.75, 3.05) is 20.1 Å². The molecule has 5 heterocycles. The van der Waals surface area contributed by atoms with Crippen molar-refractivity contribution >= 4 is 33.7 Å². The lowest BCUT2D eigenvalue weighted by atomic mass is 9.92. The SMILES string of the molecule is C=C(/C=N\N)c1cc2c(-c3nc4c(C5CCN(C)CC5)nccc4[nH]3)n[nH]c2cn1. The van der Waals surface area contributed by atoms with Gasteiger partial charge in [-0.25, -0.2) is 4.98 Å². The topological polar surface area (TPSA) is 125 Å². The van der Waals surface area contributed by atoms with Crippen LogP contribution in [-0.4, -0.2) is 61.4 Å². The fourth-order valence-corrected chi connectivity index (χ4v) is 4.08. The number of hydrogen-bond donors (Lipinski definition) is 3. The van der Waals surface area contributed by atoms with Crippen molar-refractivity contribution in [2.24, 2.45) is 10.9 Å². The molecule has 4 aromatic rings. The summed E-state index contributed by atoms with van der Waals surface area (Å²) in [5, 5.41) is 11.9. The molecule has 0 bridgehead atoms. The van der Waals surface area contributed by atoms with E-state index in [2.05, 4.69) is 43.8 Å². The maximum absolute atomic E-state index is 5.25.